The van der Waals surface area contributed by atoms with E-state index >= 15 is 0 Å². The number of hydrogen-bond donors (Lipinski definition) is 1. The lowest BCUT2D eigenvalue weighted by Gasteiger charge is -2.26. The molecule has 1 aliphatic heterocycles. The standard InChI is InChI=1S/C10H9ClF3NO5S/c11-6-1-2-7(20-6)21(18,19)15-4-3-9(5-15,8(16)17)10(12,13)14/h1-2H,3-5H2,(H,16,17). The molecule has 118 valence electrons. The Morgan fingerprint density at radius 1 is 1.43 bits per heavy atom. The summed E-state index contributed by atoms with van der Waals surface area (Å²) in [5, 5.41) is 8.00. The lowest BCUT2D eigenvalue weighted by Crippen LogP contribution is -2.47. The molecule has 6 nitrogen and oxygen atoms in total. The second-order valence-electron chi connectivity index (χ2n) is 4.53. The minimum atomic E-state index is -5.07. The normalized spacial score (nSPS) is 24.4. The summed E-state index contributed by atoms with van der Waals surface area (Å²) in [5.74, 6) is -2.11. The maximum absolute atomic E-state index is 13.0. The van der Waals surface area contributed by atoms with Crippen LogP contribution in [-0.4, -0.2) is 43.1 Å². The van der Waals surface area contributed by atoms with Gasteiger partial charge in [-0.3, -0.25) is 4.79 Å². The highest BCUT2D eigenvalue weighted by atomic mass is 35.5. The summed E-state index contributed by atoms with van der Waals surface area (Å²) in [4.78, 5) is 11.0. The Hall–Kier alpha value is -1.26. The van der Waals surface area contributed by atoms with Gasteiger partial charge >= 0.3 is 12.1 Å². The zero-order chi connectivity index (χ0) is 16.1. The highest BCUT2D eigenvalue weighted by Gasteiger charge is 2.65. The number of rotatable bonds is 3. The number of carboxylic acids is 1. The Balaban J connectivity index is 2.36. The molecule has 0 spiro atoms. The van der Waals surface area contributed by atoms with Gasteiger partial charge in [0.25, 0.3) is 10.0 Å². The van der Waals surface area contributed by atoms with Gasteiger partial charge in [0.1, 0.15) is 0 Å². The number of alkyl halides is 3. The maximum atomic E-state index is 13.0. The van der Waals surface area contributed by atoms with Gasteiger partial charge in [0.2, 0.25) is 5.09 Å². The fraction of sp³-hybridized carbons (Fsp3) is 0.500. The van der Waals surface area contributed by atoms with Crippen molar-refractivity contribution >= 4 is 27.6 Å². The van der Waals surface area contributed by atoms with E-state index in [0.29, 0.717) is 4.31 Å². The first kappa shape index (κ1) is 16.1. The summed E-state index contributed by atoms with van der Waals surface area (Å²) in [7, 11) is -4.36. The van der Waals surface area contributed by atoms with Crippen molar-refractivity contribution in [1.82, 2.24) is 4.31 Å². The first-order chi connectivity index (χ1) is 9.50. The lowest BCUT2D eigenvalue weighted by molar-refractivity contribution is -0.226. The van der Waals surface area contributed by atoms with Gasteiger partial charge in [-0.1, -0.05) is 0 Å². The Morgan fingerprint density at radius 2 is 2.05 bits per heavy atom. The number of sulfonamides is 1. The molecule has 2 rings (SSSR count). The number of hydrogen-bond acceptors (Lipinski definition) is 4. The average Bonchev–Trinajstić information content (AvgIpc) is 2.94. The van der Waals surface area contributed by atoms with Crippen LogP contribution in [0.2, 0.25) is 5.22 Å². The van der Waals surface area contributed by atoms with E-state index in [9.17, 15) is 26.4 Å². The summed E-state index contributed by atoms with van der Waals surface area (Å²) in [6.07, 6.45) is -5.93. The average molecular weight is 348 g/mol. The second kappa shape index (κ2) is 4.89. The zero-order valence-electron chi connectivity index (χ0n) is 10.2. The Labute approximate surface area is 122 Å². The third kappa shape index (κ3) is 2.51. The molecule has 0 radical (unpaired) electrons. The van der Waals surface area contributed by atoms with E-state index in [1.165, 1.54) is 0 Å². The molecule has 2 heterocycles. The van der Waals surface area contributed by atoms with E-state index in [4.69, 9.17) is 16.7 Å². The van der Waals surface area contributed by atoms with Gasteiger partial charge in [0, 0.05) is 13.1 Å². The summed E-state index contributed by atoms with van der Waals surface area (Å²) in [6.45, 7) is -1.78. The van der Waals surface area contributed by atoms with Crippen LogP contribution < -0.4 is 0 Å². The third-order valence-corrected chi connectivity index (χ3v) is 5.25. The fourth-order valence-corrected chi connectivity index (χ4v) is 3.67. The number of nitrogens with zero attached hydrogens (tertiary/aromatic N) is 1. The predicted molar refractivity (Wildman–Crippen MR) is 63.2 cm³/mol. The molecule has 1 atom stereocenters. The largest absolute Gasteiger partial charge is 0.481 e. The van der Waals surface area contributed by atoms with E-state index in [-0.39, 0.29) is 5.22 Å². The Morgan fingerprint density at radius 3 is 2.43 bits per heavy atom. The minimum absolute atomic E-state index is 0.243. The zero-order valence-corrected chi connectivity index (χ0v) is 11.8. The van der Waals surface area contributed by atoms with Crippen molar-refractivity contribution < 1.29 is 35.9 Å². The molecule has 21 heavy (non-hydrogen) atoms. The van der Waals surface area contributed by atoms with Crippen LogP contribution in [-0.2, 0) is 14.8 Å². The number of carboxylic acid groups (broad SMARTS) is 1. The molecule has 0 amide bonds. The Bertz CT molecular complexity index is 670. The Kier molecular flexibility index (Phi) is 3.75. The molecule has 0 saturated carbocycles. The minimum Gasteiger partial charge on any atom is -0.481 e. The molecule has 0 bridgehead atoms. The van der Waals surface area contributed by atoms with Gasteiger partial charge < -0.3 is 9.52 Å². The molecule has 1 saturated heterocycles. The van der Waals surface area contributed by atoms with Crippen molar-refractivity contribution in [3.8, 4) is 0 Å². The van der Waals surface area contributed by atoms with Gasteiger partial charge in [-0.05, 0) is 30.2 Å². The highest BCUT2D eigenvalue weighted by molar-refractivity contribution is 7.89. The van der Waals surface area contributed by atoms with E-state index in [1.807, 2.05) is 0 Å². The molecule has 1 aliphatic rings. The van der Waals surface area contributed by atoms with Gasteiger partial charge in [0.15, 0.2) is 10.6 Å². The van der Waals surface area contributed by atoms with Gasteiger partial charge in [-0.15, -0.1) is 0 Å². The first-order valence-corrected chi connectivity index (χ1v) is 7.38. The first-order valence-electron chi connectivity index (χ1n) is 5.56. The van der Waals surface area contributed by atoms with Gasteiger partial charge in [-0.25, -0.2) is 8.42 Å². The number of carbonyl (C=O) groups is 1. The highest BCUT2D eigenvalue weighted by Crippen LogP contribution is 2.47. The van der Waals surface area contributed by atoms with Crippen molar-refractivity contribution in [3.63, 3.8) is 0 Å². The van der Waals surface area contributed by atoms with Crippen LogP contribution in [0.3, 0.4) is 0 Å². The van der Waals surface area contributed by atoms with E-state index < -0.39 is 52.2 Å². The van der Waals surface area contributed by atoms with Crippen LogP contribution >= 0.6 is 11.6 Å². The topological polar surface area (TPSA) is 87.8 Å². The monoisotopic (exact) mass is 347 g/mol. The smallest absolute Gasteiger partial charge is 0.406 e. The third-order valence-electron chi connectivity index (χ3n) is 3.33. The van der Waals surface area contributed by atoms with Crippen LogP contribution in [0.25, 0.3) is 0 Å². The number of halogens is 4. The molecule has 0 aromatic carbocycles. The summed E-state index contributed by atoms with van der Waals surface area (Å²) < 4.78 is 68.3. The van der Waals surface area contributed by atoms with Crippen molar-refractivity contribution in [2.75, 3.05) is 13.1 Å². The second-order valence-corrected chi connectivity index (χ2v) is 6.77. The van der Waals surface area contributed by atoms with Crippen LogP contribution in [0.1, 0.15) is 6.42 Å². The molecule has 1 N–H and O–H groups in total. The molecule has 0 aliphatic carbocycles. The quantitative estimate of drug-likeness (QED) is 0.903. The SMILES string of the molecule is O=C(O)C1(C(F)(F)F)CCN(S(=O)(=O)c2ccc(Cl)o2)C1. The van der Waals surface area contributed by atoms with Crippen molar-refractivity contribution in [2.45, 2.75) is 17.7 Å². The summed E-state index contributed by atoms with van der Waals surface area (Å²) in [6, 6.07) is 2.12. The molecule has 1 aromatic heterocycles. The molecule has 11 heteroatoms. The van der Waals surface area contributed by atoms with Gasteiger partial charge in [0.05, 0.1) is 0 Å². The summed E-state index contributed by atoms with van der Waals surface area (Å²) in [5.41, 5.74) is -3.11. The van der Waals surface area contributed by atoms with E-state index in [0.717, 1.165) is 12.1 Å². The maximum Gasteiger partial charge on any atom is 0.406 e. The number of aliphatic carboxylic acids is 1. The van der Waals surface area contributed by atoms with Gasteiger partial charge in [-0.2, -0.15) is 17.5 Å². The molecule has 1 fully saturated rings. The van der Waals surface area contributed by atoms with Crippen LogP contribution in [0.5, 0.6) is 0 Å². The molecule has 1 unspecified atom stereocenters. The van der Waals surface area contributed by atoms with Crippen LogP contribution in [0.15, 0.2) is 21.6 Å². The van der Waals surface area contributed by atoms with Crippen molar-refractivity contribution in [2.24, 2.45) is 5.41 Å². The number of furan rings is 1. The van der Waals surface area contributed by atoms with Crippen LogP contribution in [0, 0.1) is 5.41 Å². The fourth-order valence-electron chi connectivity index (χ4n) is 2.07. The predicted octanol–water partition coefficient (Wildman–Crippen LogP) is 1.96. The molecular weight excluding hydrogens is 339 g/mol. The summed E-state index contributed by atoms with van der Waals surface area (Å²) >= 11 is 5.43. The molecular formula is C10H9ClF3NO5S. The van der Waals surface area contributed by atoms with Crippen molar-refractivity contribution in [3.05, 3.63) is 17.4 Å². The van der Waals surface area contributed by atoms with E-state index in [1.54, 1.807) is 0 Å². The van der Waals surface area contributed by atoms with E-state index in [2.05, 4.69) is 4.42 Å². The van der Waals surface area contributed by atoms with Crippen LogP contribution in [0.4, 0.5) is 13.2 Å². The van der Waals surface area contributed by atoms with Crippen molar-refractivity contribution in [1.29, 1.82) is 0 Å². The molecule has 1 aromatic rings. The lowest BCUT2D eigenvalue weighted by atomic mass is 9.86.